The quantitative estimate of drug-likeness (QED) is 0.760. The van der Waals surface area contributed by atoms with Gasteiger partial charge in [0.2, 0.25) is 5.95 Å². The number of carbonyl (C=O) groups is 1. The molecule has 0 unspecified atom stereocenters. The molecule has 1 N–H and O–H groups in total. The number of aromatic nitrogens is 6. The van der Waals surface area contributed by atoms with Gasteiger partial charge in [-0.25, -0.2) is 4.68 Å². The summed E-state index contributed by atoms with van der Waals surface area (Å²) in [5.74, 6) is -0.471. The maximum Gasteiger partial charge on any atom is 0.284 e. The average molecular weight is 337 g/mol. The molecule has 0 fully saturated rings. The molecule has 25 heavy (non-hydrogen) atoms. The first-order valence-corrected chi connectivity index (χ1v) is 7.37. The summed E-state index contributed by atoms with van der Waals surface area (Å²) >= 11 is 0. The molecule has 3 rings (SSSR count). The van der Waals surface area contributed by atoms with Gasteiger partial charge in [-0.2, -0.15) is 9.78 Å². The topological polar surface area (TPSA) is 108 Å². The standard InChI is InChI=1S/C16H15N7O2/c1-4-11-6-5-7-12(9-11)23-15(25)13(8-10(2)19-23)14(24)17-16-18-20-21-22(16)3/h4-9H,1H2,2-3H3,(H,17,18,21,24). The molecule has 0 atom stereocenters. The zero-order valence-electron chi connectivity index (χ0n) is 13.7. The van der Waals surface area contributed by atoms with Crippen LogP contribution >= 0.6 is 0 Å². The van der Waals surface area contributed by atoms with Gasteiger partial charge in [-0.15, -0.1) is 0 Å². The van der Waals surface area contributed by atoms with Crippen molar-refractivity contribution in [2.24, 2.45) is 7.05 Å². The largest absolute Gasteiger partial charge is 0.289 e. The van der Waals surface area contributed by atoms with Crippen molar-refractivity contribution in [3.8, 4) is 5.69 Å². The number of aryl methyl sites for hydroxylation is 2. The summed E-state index contributed by atoms with van der Waals surface area (Å²) in [5.41, 5.74) is 1.30. The highest BCUT2D eigenvalue weighted by Crippen LogP contribution is 2.10. The number of amides is 1. The van der Waals surface area contributed by atoms with E-state index in [1.54, 1.807) is 38.2 Å². The molecule has 0 bridgehead atoms. The molecule has 0 aliphatic rings. The van der Waals surface area contributed by atoms with Crippen LogP contribution in [0.5, 0.6) is 0 Å². The number of carbonyl (C=O) groups excluding carboxylic acids is 1. The second kappa shape index (κ2) is 6.48. The van der Waals surface area contributed by atoms with Crippen LogP contribution in [-0.4, -0.2) is 35.9 Å². The molecule has 2 aromatic heterocycles. The summed E-state index contributed by atoms with van der Waals surface area (Å²) in [6.07, 6.45) is 1.67. The molecule has 3 aromatic rings. The number of nitrogens with zero attached hydrogens (tertiary/aromatic N) is 6. The van der Waals surface area contributed by atoms with Gasteiger partial charge in [-0.05, 0) is 41.1 Å². The molecule has 9 nitrogen and oxygen atoms in total. The molecule has 126 valence electrons. The summed E-state index contributed by atoms with van der Waals surface area (Å²) in [6, 6.07) is 8.55. The van der Waals surface area contributed by atoms with Crippen LogP contribution in [0.3, 0.4) is 0 Å². The molecule has 0 saturated heterocycles. The number of nitrogens with one attached hydrogen (secondary N) is 1. The van der Waals surface area contributed by atoms with Gasteiger partial charge < -0.3 is 0 Å². The minimum Gasteiger partial charge on any atom is -0.289 e. The molecule has 0 aliphatic heterocycles. The van der Waals surface area contributed by atoms with Crippen molar-refractivity contribution < 1.29 is 4.79 Å². The van der Waals surface area contributed by atoms with E-state index in [-0.39, 0.29) is 11.5 Å². The molecule has 2 heterocycles. The van der Waals surface area contributed by atoms with E-state index < -0.39 is 11.5 Å². The Balaban J connectivity index is 2.05. The van der Waals surface area contributed by atoms with Crippen molar-refractivity contribution in [2.45, 2.75) is 6.92 Å². The van der Waals surface area contributed by atoms with Crippen molar-refractivity contribution in [1.29, 1.82) is 0 Å². The van der Waals surface area contributed by atoms with Crippen LogP contribution in [0.15, 0.2) is 41.7 Å². The van der Waals surface area contributed by atoms with E-state index in [1.807, 2.05) is 6.07 Å². The lowest BCUT2D eigenvalue weighted by atomic mass is 10.2. The highest BCUT2D eigenvalue weighted by Gasteiger charge is 2.17. The number of hydrogen-bond acceptors (Lipinski definition) is 6. The molecule has 0 spiro atoms. The van der Waals surface area contributed by atoms with Crippen LogP contribution < -0.4 is 10.9 Å². The van der Waals surface area contributed by atoms with E-state index in [2.05, 4.69) is 32.5 Å². The number of rotatable bonds is 4. The van der Waals surface area contributed by atoms with E-state index in [9.17, 15) is 9.59 Å². The van der Waals surface area contributed by atoms with Gasteiger partial charge in [0.05, 0.1) is 11.4 Å². The van der Waals surface area contributed by atoms with Gasteiger partial charge in [0, 0.05) is 7.05 Å². The summed E-state index contributed by atoms with van der Waals surface area (Å²) in [6.45, 7) is 5.41. The van der Waals surface area contributed by atoms with Crippen molar-refractivity contribution >= 4 is 17.9 Å². The maximum absolute atomic E-state index is 12.7. The van der Waals surface area contributed by atoms with Gasteiger partial charge in [0.15, 0.2) is 0 Å². The number of anilines is 1. The normalized spacial score (nSPS) is 10.5. The molecule has 1 aromatic carbocycles. The van der Waals surface area contributed by atoms with Gasteiger partial charge in [-0.1, -0.05) is 29.9 Å². The van der Waals surface area contributed by atoms with Crippen LogP contribution in [0.2, 0.25) is 0 Å². The first kappa shape index (κ1) is 16.2. The number of hydrogen-bond donors (Lipinski definition) is 1. The van der Waals surface area contributed by atoms with Crippen LogP contribution in [0.1, 0.15) is 21.6 Å². The summed E-state index contributed by atoms with van der Waals surface area (Å²) in [5, 5.41) is 17.5. The third-order valence-corrected chi connectivity index (χ3v) is 3.47. The minimum atomic E-state index is -0.609. The Morgan fingerprint density at radius 3 is 2.80 bits per heavy atom. The van der Waals surface area contributed by atoms with E-state index in [1.165, 1.54) is 15.4 Å². The van der Waals surface area contributed by atoms with E-state index >= 15 is 0 Å². The van der Waals surface area contributed by atoms with Crippen LogP contribution in [0.25, 0.3) is 11.8 Å². The van der Waals surface area contributed by atoms with Crippen LogP contribution in [0, 0.1) is 6.92 Å². The first-order chi connectivity index (χ1) is 12.0. The number of tetrazole rings is 1. The van der Waals surface area contributed by atoms with Crippen LogP contribution in [0.4, 0.5) is 5.95 Å². The summed E-state index contributed by atoms with van der Waals surface area (Å²) < 4.78 is 2.48. The average Bonchev–Trinajstić information content (AvgIpc) is 3.01. The fourth-order valence-corrected chi connectivity index (χ4v) is 2.24. The number of benzene rings is 1. The van der Waals surface area contributed by atoms with Gasteiger partial charge in [-0.3, -0.25) is 14.9 Å². The Kier molecular flexibility index (Phi) is 4.21. The fourth-order valence-electron chi connectivity index (χ4n) is 2.24. The molecular formula is C16H15N7O2. The fraction of sp³-hybridized carbons (Fsp3) is 0.125. The first-order valence-electron chi connectivity index (χ1n) is 7.37. The molecule has 9 heteroatoms. The molecule has 0 aliphatic carbocycles. The minimum absolute atomic E-state index is 0.0560. The SMILES string of the molecule is C=Cc1cccc(-n2nc(C)cc(C(=O)Nc3nnnn3C)c2=O)c1. The van der Waals surface area contributed by atoms with E-state index in [0.717, 1.165) is 5.56 Å². The molecule has 0 saturated carbocycles. The second-order valence-corrected chi connectivity index (χ2v) is 5.30. The Morgan fingerprint density at radius 1 is 1.32 bits per heavy atom. The van der Waals surface area contributed by atoms with Crippen molar-refractivity contribution in [3.63, 3.8) is 0 Å². The van der Waals surface area contributed by atoms with Crippen molar-refractivity contribution in [3.05, 3.63) is 64.1 Å². The van der Waals surface area contributed by atoms with Crippen LogP contribution in [-0.2, 0) is 7.05 Å². The second-order valence-electron chi connectivity index (χ2n) is 5.30. The Morgan fingerprint density at radius 2 is 2.12 bits per heavy atom. The molecule has 0 radical (unpaired) electrons. The Bertz CT molecular complexity index is 1020. The zero-order chi connectivity index (χ0) is 18.0. The maximum atomic E-state index is 12.7. The summed E-state index contributed by atoms with van der Waals surface area (Å²) in [7, 11) is 1.58. The van der Waals surface area contributed by atoms with Crippen molar-refractivity contribution in [1.82, 2.24) is 30.0 Å². The predicted molar refractivity (Wildman–Crippen MR) is 91.4 cm³/mol. The van der Waals surface area contributed by atoms with E-state index in [4.69, 9.17) is 0 Å². The third-order valence-electron chi connectivity index (χ3n) is 3.47. The molecule has 1 amide bonds. The zero-order valence-corrected chi connectivity index (χ0v) is 13.7. The molecular weight excluding hydrogens is 322 g/mol. The Labute approximate surface area is 142 Å². The highest BCUT2D eigenvalue weighted by molar-refractivity contribution is 6.03. The van der Waals surface area contributed by atoms with Gasteiger partial charge in [0.1, 0.15) is 5.56 Å². The van der Waals surface area contributed by atoms with Gasteiger partial charge >= 0.3 is 0 Å². The van der Waals surface area contributed by atoms with Crippen molar-refractivity contribution in [2.75, 3.05) is 5.32 Å². The lowest BCUT2D eigenvalue weighted by Gasteiger charge is -2.09. The van der Waals surface area contributed by atoms with E-state index in [0.29, 0.717) is 11.4 Å². The highest BCUT2D eigenvalue weighted by atomic mass is 16.2. The summed E-state index contributed by atoms with van der Waals surface area (Å²) in [4.78, 5) is 25.2. The lowest BCUT2D eigenvalue weighted by molar-refractivity contribution is 0.102. The Hall–Kier alpha value is -3.62. The van der Waals surface area contributed by atoms with Gasteiger partial charge in [0.25, 0.3) is 11.5 Å². The lowest BCUT2D eigenvalue weighted by Crippen LogP contribution is -2.31. The predicted octanol–water partition coefficient (Wildman–Crippen LogP) is 0.960. The third kappa shape index (κ3) is 3.20. The monoisotopic (exact) mass is 337 g/mol. The smallest absolute Gasteiger partial charge is 0.284 e.